The zero-order valence-electron chi connectivity index (χ0n) is 21.7. The summed E-state index contributed by atoms with van der Waals surface area (Å²) in [7, 11) is 0. The molecule has 3 heterocycles. The van der Waals surface area contributed by atoms with Crippen LogP contribution in [0.5, 0.6) is 0 Å². The molecule has 2 aliphatic rings. The molecule has 39 heavy (non-hydrogen) atoms. The summed E-state index contributed by atoms with van der Waals surface area (Å²) in [5.74, 6) is -0.211. The van der Waals surface area contributed by atoms with Gasteiger partial charge in [-0.25, -0.2) is 9.89 Å². The molecule has 0 bridgehead atoms. The van der Waals surface area contributed by atoms with Crippen LogP contribution in [0.3, 0.4) is 0 Å². The summed E-state index contributed by atoms with van der Waals surface area (Å²) in [6.45, 7) is 4.79. The van der Waals surface area contributed by atoms with E-state index in [4.69, 9.17) is 4.99 Å². The number of thioether (sulfide) groups is 1. The second kappa shape index (κ2) is 12.0. The Morgan fingerprint density at radius 2 is 1.85 bits per heavy atom. The van der Waals surface area contributed by atoms with Crippen LogP contribution in [0.2, 0.25) is 0 Å². The molecule has 0 fully saturated rings. The third-order valence-corrected chi connectivity index (χ3v) is 8.66. The quantitative estimate of drug-likeness (QED) is 0.402. The van der Waals surface area contributed by atoms with Gasteiger partial charge in [-0.1, -0.05) is 66.7 Å². The van der Waals surface area contributed by atoms with Gasteiger partial charge in [0.2, 0.25) is 11.8 Å². The molecule has 5 rings (SSSR count). The van der Waals surface area contributed by atoms with E-state index < -0.39 is 11.3 Å². The van der Waals surface area contributed by atoms with E-state index in [1.807, 2.05) is 79.9 Å². The number of aryl methyl sites for hydroxylation is 1. The number of thiophene rings is 1. The first kappa shape index (κ1) is 26.8. The van der Waals surface area contributed by atoms with E-state index in [9.17, 15) is 14.4 Å². The average Bonchev–Trinajstić information content (AvgIpc) is 3.58. The first-order chi connectivity index (χ1) is 18.9. The second-order valence-corrected chi connectivity index (χ2v) is 11.5. The Hall–Kier alpha value is -3.76. The fraction of sp³-hybridized carbons (Fsp3) is 0.276. The molecule has 1 aromatic heterocycles. The number of amidine groups is 2. The van der Waals surface area contributed by atoms with Crippen LogP contribution in [-0.4, -0.2) is 44.9 Å². The lowest BCUT2D eigenvalue weighted by Gasteiger charge is -2.27. The summed E-state index contributed by atoms with van der Waals surface area (Å²) in [4.78, 5) is 51.2. The van der Waals surface area contributed by atoms with Gasteiger partial charge in [0.25, 0.3) is 5.91 Å². The zero-order valence-corrected chi connectivity index (χ0v) is 23.3. The highest BCUT2D eigenvalue weighted by Crippen LogP contribution is 2.35. The summed E-state index contributed by atoms with van der Waals surface area (Å²) < 4.78 is 0. The summed E-state index contributed by atoms with van der Waals surface area (Å²) in [5.41, 5.74) is 3.59. The first-order valence-corrected chi connectivity index (χ1v) is 14.6. The predicted molar refractivity (Wildman–Crippen MR) is 156 cm³/mol. The number of benzene rings is 2. The molecule has 200 valence electrons. The number of nitrogens with zero attached hydrogens (tertiary/aromatic N) is 3. The molecule has 0 aliphatic carbocycles. The van der Waals surface area contributed by atoms with Crippen LogP contribution in [-0.2, 0) is 27.5 Å². The van der Waals surface area contributed by atoms with Gasteiger partial charge < -0.3 is 10.6 Å². The fourth-order valence-corrected chi connectivity index (χ4v) is 6.01. The van der Waals surface area contributed by atoms with Crippen molar-refractivity contribution in [3.63, 3.8) is 0 Å². The van der Waals surface area contributed by atoms with Gasteiger partial charge in [-0.2, -0.15) is 0 Å². The third-order valence-electron chi connectivity index (χ3n) is 6.46. The van der Waals surface area contributed by atoms with Crippen LogP contribution in [0.1, 0.15) is 41.3 Å². The van der Waals surface area contributed by atoms with Gasteiger partial charge in [0, 0.05) is 17.0 Å². The molecular formula is C29H29N5O3S2. The third kappa shape index (κ3) is 6.12. The molecule has 0 spiro atoms. The van der Waals surface area contributed by atoms with Crippen LogP contribution in [0, 0.1) is 6.92 Å². The van der Waals surface area contributed by atoms with Crippen molar-refractivity contribution < 1.29 is 14.4 Å². The topological polar surface area (TPSA) is 103 Å². The highest BCUT2D eigenvalue weighted by Gasteiger charge is 2.43. The van der Waals surface area contributed by atoms with Crippen molar-refractivity contribution in [3.05, 3.63) is 87.6 Å². The number of carbonyl (C=O) groups is 3. The Bertz CT molecular complexity index is 1430. The van der Waals surface area contributed by atoms with Gasteiger partial charge in [0.05, 0.1) is 23.9 Å². The molecule has 3 aromatic rings. The Morgan fingerprint density at radius 3 is 2.59 bits per heavy atom. The van der Waals surface area contributed by atoms with Gasteiger partial charge >= 0.3 is 0 Å². The molecule has 2 aromatic carbocycles. The number of hydrogen-bond acceptors (Lipinski definition) is 7. The number of fused-ring (bicyclic) bond motifs is 3. The normalized spacial score (nSPS) is 16.6. The maximum Gasteiger partial charge on any atom is 0.259 e. The molecule has 8 nitrogen and oxygen atoms in total. The minimum atomic E-state index is -0.851. The van der Waals surface area contributed by atoms with Crippen LogP contribution in [0.15, 0.2) is 76.0 Å². The average molecular weight is 560 g/mol. The highest BCUT2D eigenvalue weighted by molar-refractivity contribution is 8.15. The van der Waals surface area contributed by atoms with Crippen LogP contribution < -0.4 is 10.6 Å². The molecule has 0 radical (unpaired) electrons. The molecule has 0 saturated heterocycles. The van der Waals surface area contributed by atoms with Crippen molar-refractivity contribution >= 4 is 57.5 Å². The highest BCUT2D eigenvalue weighted by atomic mass is 32.2. The van der Waals surface area contributed by atoms with E-state index in [0.29, 0.717) is 36.2 Å². The van der Waals surface area contributed by atoms with Gasteiger partial charge in [-0.05, 0) is 42.5 Å². The largest absolute Gasteiger partial charge is 0.351 e. The lowest BCUT2D eigenvalue weighted by molar-refractivity contribution is -0.128. The number of rotatable bonds is 9. The van der Waals surface area contributed by atoms with Crippen molar-refractivity contribution in [2.24, 2.45) is 9.98 Å². The van der Waals surface area contributed by atoms with Crippen LogP contribution in [0.4, 0.5) is 5.69 Å². The minimum Gasteiger partial charge on any atom is -0.351 e. The number of para-hydroxylation sites is 1. The van der Waals surface area contributed by atoms with Crippen molar-refractivity contribution in [2.45, 2.75) is 51.1 Å². The predicted octanol–water partition coefficient (Wildman–Crippen LogP) is 4.55. The van der Waals surface area contributed by atoms with Crippen LogP contribution in [0.25, 0.3) is 0 Å². The minimum absolute atomic E-state index is 0.0570. The van der Waals surface area contributed by atoms with Gasteiger partial charge in [0.15, 0.2) is 5.17 Å². The summed E-state index contributed by atoms with van der Waals surface area (Å²) >= 11 is 2.81. The fourth-order valence-electron chi connectivity index (χ4n) is 4.32. The number of carbonyl (C=O) groups excluding carboxylic acids is 3. The second-order valence-electron chi connectivity index (χ2n) is 9.33. The van der Waals surface area contributed by atoms with Gasteiger partial charge in [0.1, 0.15) is 11.9 Å². The van der Waals surface area contributed by atoms with E-state index >= 15 is 0 Å². The molecule has 10 heteroatoms. The number of hydrogen-bond donors (Lipinski definition) is 2. The van der Waals surface area contributed by atoms with E-state index in [-0.39, 0.29) is 24.1 Å². The SMILES string of the molecule is CC[C@H](SC1=Nc2ccccc2C2=N[C@H](CC(=O)NCc3cccs3)C(=O)N12)C(=O)NCc1ccc(C)cc1. The maximum absolute atomic E-state index is 13.5. The Labute approximate surface area is 235 Å². The number of amides is 3. The van der Waals surface area contributed by atoms with E-state index in [1.54, 1.807) is 11.3 Å². The summed E-state index contributed by atoms with van der Waals surface area (Å²) in [6.07, 6.45) is 0.493. The van der Waals surface area contributed by atoms with E-state index in [2.05, 4.69) is 15.6 Å². The zero-order chi connectivity index (χ0) is 27.4. The standard InChI is InChI=1S/C29H29N5O3S2/c1-3-24(27(36)31-16-19-12-10-18(2)11-13-19)39-29-33-22-9-5-4-8-21(22)26-32-23(28(37)34(26)29)15-25(35)30-17-20-7-6-14-38-20/h4-14,23-24H,3,15-17H2,1-2H3,(H,30,35)(H,31,36)/t23-,24+/m1/s1. The molecule has 0 saturated carbocycles. The van der Waals surface area contributed by atoms with Crippen LogP contribution >= 0.6 is 23.1 Å². The van der Waals surface area contributed by atoms with Gasteiger partial charge in [-0.3, -0.25) is 19.4 Å². The first-order valence-electron chi connectivity index (χ1n) is 12.8. The molecular weight excluding hydrogens is 530 g/mol. The van der Waals surface area contributed by atoms with E-state index in [0.717, 1.165) is 21.6 Å². The number of nitrogens with one attached hydrogen (secondary N) is 2. The Morgan fingerprint density at radius 1 is 1.05 bits per heavy atom. The summed E-state index contributed by atoms with van der Waals surface area (Å²) in [6, 6.07) is 18.5. The molecule has 2 N–H and O–H groups in total. The number of aliphatic imine (C=N–C) groups is 2. The molecule has 2 atom stereocenters. The molecule has 2 aliphatic heterocycles. The summed E-state index contributed by atoms with van der Waals surface area (Å²) in [5, 5.41) is 7.78. The lowest BCUT2D eigenvalue weighted by Crippen LogP contribution is -2.43. The van der Waals surface area contributed by atoms with Crippen molar-refractivity contribution in [1.29, 1.82) is 0 Å². The Kier molecular flexibility index (Phi) is 8.23. The smallest absolute Gasteiger partial charge is 0.259 e. The monoisotopic (exact) mass is 559 g/mol. The Balaban J connectivity index is 1.30. The lowest BCUT2D eigenvalue weighted by atomic mass is 10.1. The molecule has 3 amide bonds. The van der Waals surface area contributed by atoms with Crippen molar-refractivity contribution in [1.82, 2.24) is 15.5 Å². The van der Waals surface area contributed by atoms with Gasteiger partial charge in [-0.15, -0.1) is 11.3 Å². The van der Waals surface area contributed by atoms with Crippen molar-refractivity contribution in [2.75, 3.05) is 0 Å². The van der Waals surface area contributed by atoms with E-state index in [1.165, 1.54) is 16.7 Å². The molecule has 0 unspecified atom stereocenters. The maximum atomic E-state index is 13.5. The van der Waals surface area contributed by atoms with Crippen molar-refractivity contribution in [3.8, 4) is 0 Å².